The first-order valence-electron chi connectivity index (χ1n) is 6.09. The summed E-state index contributed by atoms with van der Waals surface area (Å²) < 4.78 is 10.5. The number of β-lactam (4-membered cyclic amide) rings is 1. The average molecular weight is 307 g/mol. The number of hydrogen-bond donors (Lipinski definition) is 0. The molecule has 0 bridgehead atoms. The molecular weight excluding hydrogens is 293 g/mol. The monoisotopic (exact) mass is 307 g/mol. The second-order valence-electron chi connectivity index (χ2n) is 4.25. The third kappa shape index (κ3) is 3.52. The normalized spacial score (nSPS) is 25.4. The van der Waals surface area contributed by atoms with Crippen molar-refractivity contribution in [3.8, 4) is 0 Å². The van der Waals surface area contributed by atoms with E-state index in [2.05, 4.69) is 0 Å². The zero-order chi connectivity index (χ0) is 14.0. The van der Waals surface area contributed by atoms with Crippen LogP contribution in [0.15, 0.2) is 11.8 Å². The Labute approximate surface area is 144 Å². The Morgan fingerprint density at radius 1 is 1.65 bits per heavy atom. The molecular formula is C12H14NNaO5S. The van der Waals surface area contributed by atoms with Crippen LogP contribution in [0.1, 0.15) is 26.2 Å². The van der Waals surface area contributed by atoms with Gasteiger partial charge in [-0.25, -0.2) is 0 Å². The molecule has 2 unspecified atom stereocenters. The van der Waals surface area contributed by atoms with E-state index in [1.165, 1.54) is 4.90 Å². The van der Waals surface area contributed by atoms with Gasteiger partial charge in [0.05, 0.1) is 19.0 Å². The van der Waals surface area contributed by atoms with Crippen LogP contribution in [0.3, 0.4) is 0 Å². The largest absolute Gasteiger partial charge is 1.00 e. The zero-order valence-corrected chi connectivity index (χ0v) is 14.3. The van der Waals surface area contributed by atoms with Crippen LogP contribution in [-0.4, -0.2) is 40.7 Å². The number of aliphatic carboxylic acids is 1. The van der Waals surface area contributed by atoms with Crippen molar-refractivity contribution >= 4 is 29.1 Å². The number of amides is 1. The number of carboxylic acids is 1. The summed E-state index contributed by atoms with van der Waals surface area (Å²) in [7, 11) is 0. The van der Waals surface area contributed by atoms with Gasteiger partial charge in [-0.05, 0) is 31.6 Å². The molecule has 0 radical (unpaired) electrons. The molecule has 0 N–H and O–H groups in total. The van der Waals surface area contributed by atoms with Crippen molar-refractivity contribution in [2.75, 3.05) is 6.61 Å². The topological polar surface area (TPSA) is 78.9 Å². The molecule has 8 heteroatoms. The van der Waals surface area contributed by atoms with Crippen molar-refractivity contribution in [1.82, 2.24) is 4.90 Å². The fraction of sp³-hybridized carbons (Fsp3) is 0.583. The first kappa shape index (κ1) is 17.4. The molecule has 2 aliphatic rings. The molecule has 2 heterocycles. The van der Waals surface area contributed by atoms with Crippen molar-refractivity contribution < 1.29 is 53.7 Å². The van der Waals surface area contributed by atoms with Gasteiger partial charge >= 0.3 is 29.6 Å². The van der Waals surface area contributed by atoms with Crippen molar-refractivity contribution in [3.63, 3.8) is 0 Å². The Kier molecular flexibility index (Phi) is 6.44. The van der Waals surface area contributed by atoms with E-state index in [0.717, 1.165) is 0 Å². The maximum absolute atomic E-state index is 11.3. The second-order valence-corrected chi connectivity index (χ2v) is 4.70. The number of carbonyl (C=O) groups is 2. The number of ether oxygens (including phenoxy) is 2. The van der Waals surface area contributed by atoms with E-state index >= 15 is 0 Å². The van der Waals surface area contributed by atoms with Crippen LogP contribution in [-0.2, 0) is 19.1 Å². The maximum atomic E-state index is 11.3. The van der Waals surface area contributed by atoms with E-state index < -0.39 is 18.2 Å². The molecule has 2 rings (SSSR count). The van der Waals surface area contributed by atoms with Gasteiger partial charge in [0, 0.05) is 6.42 Å². The van der Waals surface area contributed by atoms with Gasteiger partial charge < -0.3 is 19.4 Å². The Hall–Kier alpha value is -0.630. The van der Waals surface area contributed by atoms with Gasteiger partial charge in [-0.2, -0.15) is 0 Å². The molecule has 6 nitrogen and oxygen atoms in total. The number of fused-ring (bicyclic) bond motifs is 1. The van der Waals surface area contributed by atoms with E-state index in [4.69, 9.17) is 21.7 Å². The van der Waals surface area contributed by atoms with Crippen LogP contribution in [0.4, 0.5) is 0 Å². The predicted molar refractivity (Wildman–Crippen MR) is 66.7 cm³/mol. The van der Waals surface area contributed by atoms with Crippen LogP contribution in [0, 0.1) is 0 Å². The molecule has 0 aromatic carbocycles. The average Bonchev–Trinajstić information content (AvgIpc) is 2.62. The van der Waals surface area contributed by atoms with Crippen molar-refractivity contribution in [2.24, 2.45) is 0 Å². The number of rotatable bonds is 5. The van der Waals surface area contributed by atoms with Gasteiger partial charge in [0.15, 0.2) is 11.3 Å². The number of hydrogen-bond acceptors (Lipinski definition) is 6. The van der Waals surface area contributed by atoms with Gasteiger partial charge in [0.1, 0.15) is 11.8 Å². The first-order chi connectivity index (χ1) is 9.04. The quantitative estimate of drug-likeness (QED) is 0.301. The number of carbonyl (C=O) groups excluding carboxylic acids is 2. The number of carboxylic acid groups (broad SMARTS) is 1. The number of nitrogens with zero attached hydrogens (tertiary/aromatic N) is 1. The Balaban J connectivity index is 0.00000200. The fourth-order valence-electron chi connectivity index (χ4n) is 2.12. The SMILES string of the molecule is CCOC(=S)CCC=C1OC2CC(=O)N2C1C(=O)[O-].[Na+]. The third-order valence-corrected chi connectivity index (χ3v) is 3.31. The summed E-state index contributed by atoms with van der Waals surface area (Å²) in [6.45, 7) is 2.35. The smallest absolute Gasteiger partial charge is 0.547 e. The van der Waals surface area contributed by atoms with Gasteiger partial charge in [0.2, 0.25) is 5.91 Å². The van der Waals surface area contributed by atoms with E-state index in [0.29, 0.717) is 24.5 Å². The van der Waals surface area contributed by atoms with E-state index in [1.54, 1.807) is 6.08 Å². The van der Waals surface area contributed by atoms with Gasteiger partial charge in [-0.15, -0.1) is 0 Å². The molecule has 1 amide bonds. The second kappa shape index (κ2) is 7.40. The Bertz CT molecular complexity index is 453. The molecule has 0 spiro atoms. The standard InChI is InChI=1S/C12H15NO5S.Na/c1-2-17-10(19)5-3-4-7-11(12(15)16)13-8(14)6-9(13)18-7;/h4,9,11H,2-3,5-6H2,1H3,(H,15,16);/q;+1/p-1. The summed E-state index contributed by atoms with van der Waals surface area (Å²) in [5.41, 5.74) is 0. The maximum Gasteiger partial charge on any atom is 1.00 e. The van der Waals surface area contributed by atoms with Crippen LogP contribution in [0.5, 0.6) is 0 Å². The molecule has 2 aliphatic heterocycles. The van der Waals surface area contributed by atoms with Crippen molar-refractivity contribution in [2.45, 2.75) is 38.5 Å². The Morgan fingerprint density at radius 3 is 2.90 bits per heavy atom. The first-order valence-corrected chi connectivity index (χ1v) is 6.49. The van der Waals surface area contributed by atoms with E-state index in [-0.39, 0.29) is 47.6 Å². The molecule has 104 valence electrons. The summed E-state index contributed by atoms with van der Waals surface area (Å²) in [6.07, 6.45) is 2.41. The zero-order valence-electron chi connectivity index (χ0n) is 11.5. The minimum absolute atomic E-state index is 0. The van der Waals surface area contributed by atoms with Gasteiger partial charge in [-0.1, -0.05) is 0 Å². The van der Waals surface area contributed by atoms with Crippen LogP contribution >= 0.6 is 12.2 Å². The Morgan fingerprint density at radius 2 is 2.35 bits per heavy atom. The van der Waals surface area contributed by atoms with Crippen molar-refractivity contribution in [3.05, 3.63) is 11.8 Å². The molecule has 2 saturated heterocycles. The minimum Gasteiger partial charge on any atom is -0.547 e. The summed E-state index contributed by atoms with van der Waals surface area (Å²) in [5, 5.41) is 11.5. The van der Waals surface area contributed by atoms with Crippen LogP contribution in [0.25, 0.3) is 0 Å². The van der Waals surface area contributed by atoms with Crippen LogP contribution < -0.4 is 34.7 Å². The van der Waals surface area contributed by atoms with E-state index in [1.807, 2.05) is 6.92 Å². The number of allylic oxidation sites excluding steroid dienone is 1. The summed E-state index contributed by atoms with van der Waals surface area (Å²) in [4.78, 5) is 23.6. The third-order valence-electron chi connectivity index (χ3n) is 2.99. The summed E-state index contributed by atoms with van der Waals surface area (Å²) >= 11 is 4.97. The predicted octanol–water partition coefficient (Wildman–Crippen LogP) is -3.27. The van der Waals surface area contributed by atoms with E-state index in [9.17, 15) is 14.7 Å². The molecule has 0 aliphatic carbocycles. The molecule has 0 aromatic heterocycles. The molecule has 0 saturated carbocycles. The molecule has 0 aromatic rings. The molecule has 20 heavy (non-hydrogen) atoms. The molecule has 2 fully saturated rings. The molecule has 2 atom stereocenters. The van der Waals surface area contributed by atoms with Gasteiger partial charge in [-0.3, -0.25) is 9.69 Å². The van der Waals surface area contributed by atoms with Crippen molar-refractivity contribution in [1.29, 1.82) is 0 Å². The number of thiocarbonyl (C=S) groups is 1. The van der Waals surface area contributed by atoms with Gasteiger partial charge in [0.25, 0.3) is 0 Å². The summed E-state index contributed by atoms with van der Waals surface area (Å²) in [6, 6.07) is -1.10. The summed E-state index contributed by atoms with van der Waals surface area (Å²) in [5.74, 6) is -1.29. The minimum atomic E-state index is -1.32. The fourth-order valence-corrected chi connectivity index (χ4v) is 2.36. The van der Waals surface area contributed by atoms with Crippen LogP contribution in [0.2, 0.25) is 0 Å².